The number of hydrogen-bond donors (Lipinski definition) is 2. The Bertz CT molecular complexity index is 1490. The van der Waals surface area contributed by atoms with E-state index in [4.69, 9.17) is 9.52 Å². The number of likely N-dealkylation sites (tertiary alicyclic amines) is 1. The van der Waals surface area contributed by atoms with Gasteiger partial charge in [0.05, 0.1) is 17.7 Å². The quantitative estimate of drug-likeness (QED) is 0.300. The molecule has 194 valence electrons. The summed E-state index contributed by atoms with van der Waals surface area (Å²) >= 11 is 0. The molecule has 7 nitrogen and oxygen atoms in total. The number of aromatic carboxylic acids is 1. The molecule has 1 aliphatic heterocycles. The van der Waals surface area contributed by atoms with Crippen LogP contribution in [0.5, 0.6) is 0 Å². The van der Waals surface area contributed by atoms with E-state index >= 15 is 0 Å². The lowest BCUT2D eigenvalue weighted by molar-refractivity contribution is -0.128. The number of rotatable bonds is 9. The van der Waals surface area contributed by atoms with Crippen molar-refractivity contribution in [3.05, 3.63) is 101 Å². The van der Waals surface area contributed by atoms with Crippen molar-refractivity contribution in [2.45, 2.75) is 44.8 Å². The molecule has 2 N–H and O–H groups in total. The maximum atomic E-state index is 12.5. The first-order chi connectivity index (χ1) is 18.4. The first kappa shape index (κ1) is 25.4. The van der Waals surface area contributed by atoms with Crippen molar-refractivity contribution in [2.75, 3.05) is 6.54 Å². The van der Waals surface area contributed by atoms with E-state index in [0.29, 0.717) is 38.1 Å². The number of oxazole rings is 1. The van der Waals surface area contributed by atoms with E-state index in [0.717, 1.165) is 33.4 Å². The second-order valence-corrected chi connectivity index (χ2v) is 9.79. The first-order valence-electron chi connectivity index (χ1n) is 12.8. The zero-order valence-electron chi connectivity index (χ0n) is 21.2. The van der Waals surface area contributed by atoms with E-state index in [2.05, 4.69) is 4.98 Å². The summed E-state index contributed by atoms with van der Waals surface area (Å²) in [6.07, 6.45) is 5.27. The molecule has 0 saturated carbocycles. The summed E-state index contributed by atoms with van der Waals surface area (Å²) in [7, 11) is 0. The molecular formula is C31H30N2O5. The highest BCUT2D eigenvalue weighted by Gasteiger charge is 2.28. The monoisotopic (exact) mass is 510 g/mol. The van der Waals surface area contributed by atoms with Crippen LogP contribution in [0.1, 0.15) is 39.9 Å². The number of aromatic nitrogens is 1. The van der Waals surface area contributed by atoms with Crippen LogP contribution in [0, 0.1) is 6.92 Å². The summed E-state index contributed by atoms with van der Waals surface area (Å²) < 4.78 is 5.93. The average molecular weight is 511 g/mol. The lowest BCUT2D eigenvalue weighted by Crippen LogP contribution is -2.33. The van der Waals surface area contributed by atoms with Gasteiger partial charge in [-0.05, 0) is 72.9 Å². The molecule has 1 amide bonds. The summed E-state index contributed by atoms with van der Waals surface area (Å²) in [6, 6.07) is 20.4. The van der Waals surface area contributed by atoms with Crippen LogP contribution in [0.15, 0.2) is 83.3 Å². The topological polar surface area (TPSA) is 104 Å². The minimum absolute atomic E-state index is 0.0648. The van der Waals surface area contributed by atoms with Gasteiger partial charge in [-0.15, -0.1) is 0 Å². The minimum atomic E-state index is -0.956. The fourth-order valence-electron chi connectivity index (χ4n) is 4.87. The van der Waals surface area contributed by atoms with Gasteiger partial charge in [0.25, 0.3) is 0 Å². The van der Waals surface area contributed by atoms with E-state index in [1.54, 1.807) is 30.3 Å². The Balaban J connectivity index is 1.20. The van der Waals surface area contributed by atoms with Gasteiger partial charge in [-0.2, -0.15) is 0 Å². The van der Waals surface area contributed by atoms with Crippen LogP contribution < -0.4 is 0 Å². The summed E-state index contributed by atoms with van der Waals surface area (Å²) in [5.74, 6) is -0.309. The van der Waals surface area contributed by atoms with Crippen LogP contribution in [0.3, 0.4) is 0 Å². The number of aliphatic hydroxyl groups excluding tert-OH is 1. The number of benzene rings is 3. The predicted molar refractivity (Wildman–Crippen MR) is 145 cm³/mol. The van der Waals surface area contributed by atoms with Crippen LogP contribution in [0.25, 0.3) is 22.6 Å². The predicted octanol–water partition coefficient (Wildman–Crippen LogP) is 5.19. The molecule has 1 fully saturated rings. The first-order valence-corrected chi connectivity index (χ1v) is 12.8. The molecule has 4 aromatic rings. The Morgan fingerprint density at radius 3 is 2.74 bits per heavy atom. The van der Waals surface area contributed by atoms with E-state index in [-0.39, 0.29) is 17.5 Å². The SMILES string of the molecule is Cc1ccc2oc(-c3cccc(C[C@H](O)/C=C/[C@H]4CCC(=O)N4CCc4ccc(C(=O)O)cc4)c3)nc2c1. The highest BCUT2D eigenvalue weighted by Crippen LogP contribution is 2.26. The number of carbonyl (C=O) groups excluding carboxylic acids is 1. The van der Waals surface area contributed by atoms with E-state index < -0.39 is 12.1 Å². The highest BCUT2D eigenvalue weighted by atomic mass is 16.4. The molecule has 2 atom stereocenters. The maximum Gasteiger partial charge on any atom is 0.335 e. The summed E-state index contributed by atoms with van der Waals surface area (Å²) in [5.41, 5.74) is 5.73. The van der Waals surface area contributed by atoms with Gasteiger partial charge in [0.1, 0.15) is 5.52 Å². The van der Waals surface area contributed by atoms with E-state index in [9.17, 15) is 14.7 Å². The number of carboxylic acid groups (broad SMARTS) is 1. The zero-order valence-corrected chi connectivity index (χ0v) is 21.2. The van der Waals surface area contributed by atoms with Gasteiger partial charge in [-0.3, -0.25) is 4.79 Å². The Kier molecular flexibility index (Phi) is 7.38. The molecule has 0 aliphatic carbocycles. The Labute approximate surface area is 221 Å². The largest absolute Gasteiger partial charge is 0.478 e. The molecule has 0 radical (unpaired) electrons. The van der Waals surface area contributed by atoms with E-state index in [1.807, 2.05) is 60.4 Å². The van der Waals surface area contributed by atoms with Gasteiger partial charge < -0.3 is 19.5 Å². The molecule has 0 spiro atoms. The third-order valence-electron chi connectivity index (χ3n) is 6.93. The van der Waals surface area contributed by atoms with Gasteiger partial charge in [-0.25, -0.2) is 9.78 Å². The van der Waals surface area contributed by atoms with Crippen LogP contribution in [0.2, 0.25) is 0 Å². The highest BCUT2D eigenvalue weighted by molar-refractivity contribution is 5.87. The number of aryl methyl sites for hydroxylation is 1. The van der Waals surface area contributed by atoms with Gasteiger partial charge in [-0.1, -0.05) is 42.5 Å². The molecule has 7 heteroatoms. The molecule has 0 unspecified atom stereocenters. The number of carboxylic acids is 1. The molecule has 1 aromatic heterocycles. The Morgan fingerprint density at radius 1 is 1.13 bits per heavy atom. The van der Waals surface area contributed by atoms with Crippen molar-refractivity contribution in [1.82, 2.24) is 9.88 Å². The van der Waals surface area contributed by atoms with Crippen LogP contribution in [0.4, 0.5) is 0 Å². The lowest BCUT2D eigenvalue weighted by atomic mass is 10.0. The smallest absolute Gasteiger partial charge is 0.335 e. The fraction of sp³-hybridized carbons (Fsp3) is 0.258. The number of carbonyl (C=O) groups is 2. The fourth-order valence-corrected chi connectivity index (χ4v) is 4.87. The number of amides is 1. The average Bonchev–Trinajstić information content (AvgIpc) is 3.49. The summed E-state index contributed by atoms with van der Waals surface area (Å²) in [6.45, 7) is 2.56. The van der Waals surface area contributed by atoms with Crippen LogP contribution in [-0.2, 0) is 17.6 Å². The van der Waals surface area contributed by atoms with Crippen molar-refractivity contribution < 1.29 is 24.2 Å². The molecular weight excluding hydrogens is 480 g/mol. The normalized spacial score (nSPS) is 16.5. The van der Waals surface area contributed by atoms with Gasteiger partial charge in [0.15, 0.2) is 5.58 Å². The van der Waals surface area contributed by atoms with E-state index in [1.165, 1.54) is 0 Å². The van der Waals surface area contributed by atoms with Gasteiger partial charge in [0.2, 0.25) is 11.8 Å². The maximum absolute atomic E-state index is 12.5. The van der Waals surface area contributed by atoms with Crippen molar-refractivity contribution in [2.24, 2.45) is 0 Å². The molecule has 1 aliphatic rings. The number of hydrogen-bond acceptors (Lipinski definition) is 5. The number of fused-ring (bicyclic) bond motifs is 1. The molecule has 5 rings (SSSR count). The molecule has 2 heterocycles. The van der Waals surface area contributed by atoms with Gasteiger partial charge in [0, 0.05) is 24.9 Å². The molecule has 38 heavy (non-hydrogen) atoms. The third kappa shape index (κ3) is 5.84. The summed E-state index contributed by atoms with van der Waals surface area (Å²) in [4.78, 5) is 30.0. The number of nitrogens with zero attached hydrogens (tertiary/aromatic N) is 2. The standard InChI is InChI=1S/C31H30N2O5/c1-20-5-13-28-27(17-20)32-30(38-28)24-4-2-3-22(18-24)19-26(34)12-10-25-11-14-29(35)33(25)16-15-21-6-8-23(9-7-21)31(36)37/h2-10,12-13,17-18,25-26,34H,11,14-16,19H2,1H3,(H,36,37)/b12-10+/t25-,26+/m0/s1. The van der Waals surface area contributed by atoms with Crippen molar-refractivity contribution >= 4 is 23.0 Å². The lowest BCUT2D eigenvalue weighted by Gasteiger charge is -2.23. The van der Waals surface area contributed by atoms with Crippen molar-refractivity contribution in [3.63, 3.8) is 0 Å². The zero-order chi connectivity index (χ0) is 26.6. The minimum Gasteiger partial charge on any atom is -0.478 e. The number of aliphatic hydroxyl groups is 1. The molecule has 1 saturated heterocycles. The Morgan fingerprint density at radius 2 is 1.95 bits per heavy atom. The molecule has 3 aromatic carbocycles. The van der Waals surface area contributed by atoms with Crippen LogP contribution >= 0.6 is 0 Å². The second-order valence-electron chi connectivity index (χ2n) is 9.79. The van der Waals surface area contributed by atoms with Crippen molar-refractivity contribution in [3.8, 4) is 11.5 Å². The van der Waals surface area contributed by atoms with Crippen LogP contribution in [-0.4, -0.2) is 50.7 Å². The Hall–Kier alpha value is -4.23. The molecule has 0 bridgehead atoms. The second kappa shape index (κ2) is 11.0. The van der Waals surface area contributed by atoms with Gasteiger partial charge >= 0.3 is 5.97 Å². The van der Waals surface area contributed by atoms with Crippen molar-refractivity contribution in [1.29, 1.82) is 0 Å². The third-order valence-corrected chi connectivity index (χ3v) is 6.93. The summed E-state index contributed by atoms with van der Waals surface area (Å²) in [5, 5.41) is 19.8.